The predicted octanol–water partition coefficient (Wildman–Crippen LogP) is 3.26. The number of piperidine rings is 1. The van der Waals surface area contributed by atoms with Crippen molar-refractivity contribution in [1.82, 2.24) is 24.5 Å². The number of nitrogens with zero attached hydrogens (tertiary/aromatic N) is 6. The molecule has 5 heterocycles. The van der Waals surface area contributed by atoms with E-state index in [0.29, 0.717) is 21.9 Å². The third kappa shape index (κ3) is 6.62. The summed E-state index contributed by atoms with van der Waals surface area (Å²) in [5.74, 6) is 5.53. The molecule has 1 unspecified atom stereocenters. The number of fused-ring (bicyclic) bond motifs is 1. The van der Waals surface area contributed by atoms with E-state index >= 15 is 0 Å². The number of hydrogen-bond acceptors (Lipinski definition) is 10. The normalized spacial score (nSPS) is 17.4. The zero-order chi connectivity index (χ0) is 27.1. The molecule has 3 aromatic rings. The van der Waals surface area contributed by atoms with Crippen LogP contribution in [-0.2, 0) is 9.47 Å². The summed E-state index contributed by atoms with van der Waals surface area (Å²) in [6.07, 6.45) is 8.82. The molecular weight excluding hydrogens is 515 g/mol. The van der Waals surface area contributed by atoms with Gasteiger partial charge in [0.25, 0.3) is 0 Å². The average molecular weight is 547 g/mol. The minimum Gasteiger partial charge on any atom is -0.488 e. The number of pyridine rings is 1. The van der Waals surface area contributed by atoms with Gasteiger partial charge in [0, 0.05) is 18.9 Å². The summed E-state index contributed by atoms with van der Waals surface area (Å²) in [5, 5.41) is 16.0. The molecule has 2 saturated heterocycles. The standard InChI is InChI=1S/C17H17ClFN7O2.C8H15NO/c1-9(20)15(25-21)10-3-13(16-12(18)6-24-26(16)7-10)28-8-14(27-2)17-22-4-11(19)5-23-17;1-2-4-9(5-3-1)8-6-10-7-8/h3-7,14,20H,8,21H2,1-2H3;8H,1-7H2/b20-9?,25-15+;. The summed E-state index contributed by atoms with van der Waals surface area (Å²) in [6, 6.07) is 2.44. The van der Waals surface area contributed by atoms with Crippen LogP contribution in [0.25, 0.3) is 5.52 Å². The number of halogens is 2. The minimum atomic E-state index is -0.641. The maximum Gasteiger partial charge on any atom is 0.160 e. The van der Waals surface area contributed by atoms with Crippen LogP contribution in [0.2, 0.25) is 5.02 Å². The first-order chi connectivity index (χ1) is 18.4. The van der Waals surface area contributed by atoms with Crippen LogP contribution < -0.4 is 10.6 Å². The van der Waals surface area contributed by atoms with Crippen molar-refractivity contribution in [3.63, 3.8) is 0 Å². The molecule has 0 amide bonds. The van der Waals surface area contributed by atoms with Gasteiger partial charge in [-0.15, -0.1) is 0 Å². The SMILES string of the molecule is C1CCN(C2COC2)CC1.COC(COc1cc(/C(=N/N)C(C)=N)cn2ncc(Cl)c12)c1ncc(F)cn1. The Bertz CT molecular complexity index is 1260. The van der Waals surface area contributed by atoms with Crippen LogP contribution >= 0.6 is 11.6 Å². The number of rotatable bonds is 8. The Hall–Kier alpha value is -3.19. The lowest BCUT2D eigenvalue weighted by Crippen LogP contribution is -2.50. The van der Waals surface area contributed by atoms with Crippen LogP contribution in [0.1, 0.15) is 43.7 Å². The lowest BCUT2D eigenvalue weighted by atomic mass is 10.1. The molecule has 0 aromatic carbocycles. The van der Waals surface area contributed by atoms with Crippen molar-refractivity contribution >= 4 is 28.5 Å². The zero-order valence-corrected chi connectivity index (χ0v) is 22.2. The molecular formula is C25H32ClFN8O3. The molecule has 38 heavy (non-hydrogen) atoms. The Labute approximate surface area is 225 Å². The van der Waals surface area contributed by atoms with Crippen LogP contribution in [0.4, 0.5) is 4.39 Å². The Kier molecular flexibility index (Phi) is 9.56. The first-order valence-electron chi connectivity index (χ1n) is 12.4. The molecule has 0 radical (unpaired) electrons. The van der Waals surface area contributed by atoms with E-state index in [1.54, 1.807) is 19.2 Å². The van der Waals surface area contributed by atoms with Crippen molar-refractivity contribution in [3.05, 3.63) is 53.1 Å². The van der Waals surface area contributed by atoms with E-state index in [4.69, 9.17) is 37.1 Å². The molecule has 3 N–H and O–H groups in total. The summed E-state index contributed by atoms with van der Waals surface area (Å²) in [7, 11) is 1.47. The quantitative estimate of drug-likeness (QED) is 0.249. The molecule has 0 aliphatic carbocycles. The van der Waals surface area contributed by atoms with E-state index in [-0.39, 0.29) is 23.9 Å². The number of hydrazone groups is 1. The summed E-state index contributed by atoms with van der Waals surface area (Å²) < 4.78 is 31.0. The molecule has 3 aromatic heterocycles. The first-order valence-corrected chi connectivity index (χ1v) is 12.7. The lowest BCUT2D eigenvalue weighted by molar-refractivity contribution is -0.0698. The van der Waals surface area contributed by atoms with Crippen molar-refractivity contribution in [1.29, 1.82) is 5.41 Å². The van der Waals surface area contributed by atoms with Gasteiger partial charge in [0.15, 0.2) is 17.7 Å². The molecule has 1 atom stereocenters. The number of methoxy groups -OCH3 is 1. The molecule has 204 valence electrons. The zero-order valence-electron chi connectivity index (χ0n) is 21.4. The Morgan fingerprint density at radius 1 is 1.26 bits per heavy atom. The smallest absolute Gasteiger partial charge is 0.160 e. The minimum absolute atomic E-state index is 0.0292. The van der Waals surface area contributed by atoms with Gasteiger partial charge in [-0.1, -0.05) is 18.0 Å². The van der Waals surface area contributed by atoms with E-state index in [1.807, 2.05) is 0 Å². The second-order valence-electron chi connectivity index (χ2n) is 9.06. The largest absolute Gasteiger partial charge is 0.488 e. The second-order valence-corrected chi connectivity index (χ2v) is 9.47. The third-order valence-electron chi connectivity index (χ3n) is 6.42. The van der Waals surface area contributed by atoms with Crippen LogP contribution in [-0.4, -0.2) is 82.0 Å². The van der Waals surface area contributed by atoms with Crippen LogP contribution in [0.3, 0.4) is 0 Å². The Morgan fingerprint density at radius 3 is 2.55 bits per heavy atom. The monoisotopic (exact) mass is 546 g/mol. The van der Waals surface area contributed by atoms with E-state index in [1.165, 1.54) is 50.2 Å². The molecule has 2 aliphatic rings. The maximum atomic E-state index is 13.0. The molecule has 0 saturated carbocycles. The Balaban J connectivity index is 0.000000278. The molecule has 2 fully saturated rings. The third-order valence-corrected chi connectivity index (χ3v) is 6.70. The van der Waals surface area contributed by atoms with E-state index < -0.39 is 11.9 Å². The number of ether oxygens (including phenoxy) is 3. The highest BCUT2D eigenvalue weighted by molar-refractivity contribution is 6.46. The van der Waals surface area contributed by atoms with Gasteiger partial charge in [0.05, 0.1) is 48.6 Å². The molecule has 2 aliphatic heterocycles. The number of aromatic nitrogens is 4. The van der Waals surface area contributed by atoms with Crippen LogP contribution in [0.15, 0.2) is 36.0 Å². The molecule has 0 bridgehead atoms. The lowest BCUT2D eigenvalue weighted by Gasteiger charge is -2.39. The highest BCUT2D eigenvalue weighted by atomic mass is 35.5. The first kappa shape index (κ1) is 27.8. The van der Waals surface area contributed by atoms with Crippen molar-refractivity contribution in [2.45, 2.75) is 38.3 Å². The molecule has 11 nitrogen and oxygen atoms in total. The van der Waals surface area contributed by atoms with Crippen molar-refractivity contribution in [2.24, 2.45) is 10.9 Å². The van der Waals surface area contributed by atoms with E-state index in [0.717, 1.165) is 31.6 Å². The van der Waals surface area contributed by atoms with Crippen LogP contribution in [0.5, 0.6) is 5.75 Å². The average Bonchev–Trinajstić information content (AvgIpc) is 3.26. The number of nitrogens with one attached hydrogen (secondary N) is 1. The maximum absolute atomic E-state index is 13.0. The van der Waals surface area contributed by atoms with Gasteiger partial charge >= 0.3 is 0 Å². The predicted molar refractivity (Wildman–Crippen MR) is 142 cm³/mol. The van der Waals surface area contributed by atoms with Gasteiger partial charge in [-0.3, -0.25) is 4.90 Å². The van der Waals surface area contributed by atoms with Crippen molar-refractivity contribution < 1.29 is 18.6 Å². The number of likely N-dealkylation sites (tertiary alicyclic amines) is 1. The van der Waals surface area contributed by atoms with Gasteiger partial charge in [-0.2, -0.15) is 10.2 Å². The summed E-state index contributed by atoms with van der Waals surface area (Å²) >= 11 is 6.23. The highest BCUT2D eigenvalue weighted by Crippen LogP contribution is 2.30. The van der Waals surface area contributed by atoms with E-state index in [9.17, 15) is 4.39 Å². The number of nitrogens with two attached hydrogens (primary N) is 1. The van der Waals surface area contributed by atoms with Gasteiger partial charge in [-0.25, -0.2) is 18.9 Å². The fourth-order valence-corrected chi connectivity index (χ4v) is 4.52. The highest BCUT2D eigenvalue weighted by Gasteiger charge is 2.26. The topological polar surface area (TPSA) is 136 Å². The second kappa shape index (κ2) is 13.1. The molecule has 5 rings (SSSR count). The molecule has 13 heteroatoms. The van der Waals surface area contributed by atoms with E-state index in [2.05, 4.69) is 25.1 Å². The Morgan fingerprint density at radius 2 is 1.97 bits per heavy atom. The fourth-order valence-electron chi connectivity index (χ4n) is 4.30. The van der Waals surface area contributed by atoms with Crippen LogP contribution in [0, 0.1) is 11.2 Å². The summed E-state index contributed by atoms with van der Waals surface area (Å²) in [4.78, 5) is 10.4. The van der Waals surface area contributed by atoms with Crippen molar-refractivity contribution in [2.75, 3.05) is 40.0 Å². The number of hydrogen-bond donors (Lipinski definition) is 2. The summed E-state index contributed by atoms with van der Waals surface area (Å²) in [6.45, 7) is 6.20. The van der Waals surface area contributed by atoms with Gasteiger partial charge < -0.3 is 25.5 Å². The fraction of sp³-hybridized carbons (Fsp3) is 0.480. The van der Waals surface area contributed by atoms with Gasteiger partial charge in [0.2, 0.25) is 0 Å². The van der Waals surface area contributed by atoms with Crippen molar-refractivity contribution in [3.8, 4) is 5.75 Å². The van der Waals surface area contributed by atoms with Gasteiger partial charge in [-0.05, 0) is 38.9 Å². The summed E-state index contributed by atoms with van der Waals surface area (Å²) in [5.41, 5.74) is 1.52. The van der Waals surface area contributed by atoms with Gasteiger partial charge in [0.1, 0.15) is 23.6 Å². The molecule has 0 spiro atoms.